The summed E-state index contributed by atoms with van der Waals surface area (Å²) in [4.78, 5) is 23.8. The lowest BCUT2D eigenvalue weighted by atomic mass is 10.2. The van der Waals surface area contributed by atoms with Gasteiger partial charge in [0.1, 0.15) is 0 Å². The average Bonchev–Trinajstić information content (AvgIpc) is 3.17. The molecule has 27 heavy (non-hydrogen) atoms. The van der Waals surface area contributed by atoms with E-state index in [0.717, 1.165) is 11.3 Å². The molecule has 1 aromatic heterocycles. The van der Waals surface area contributed by atoms with Crippen LogP contribution < -0.4 is 4.74 Å². The van der Waals surface area contributed by atoms with Crippen LogP contribution in [0.2, 0.25) is 0 Å². The van der Waals surface area contributed by atoms with Gasteiger partial charge >= 0.3 is 0 Å². The van der Waals surface area contributed by atoms with Gasteiger partial charge in [0.25, 0.3) is 5.91 Å². The van der Waals surface area contributed by atoms with Crippen LogP contribution in [0, 0.1) is 6.92 Å². The van der Waals surface area contributed by atoms with E-state index in [1.807, 2.05) is 19.2 Å². The Balaban J connectivity index is 1.93. The van der Waals surface area contributed by atoms with Crippen molar-refractivity contribution in [2.24, 2.45) is 4.99 Å². The van der Waals surface area contributed by atoms with Gasteiger partial charge in [-0.2, -0.15) is 4.99 Å². The second-order valence-electron chi connectivity index (χ2n) is 5.64. The van der Waals surface area contributed by atoms with E-state index >= 15 is 0 Å². The average molecular weight is 402 g/mol. The fourth-order valence-corrected chi connectivity index (χ4v) is 4.11. The number of amides is 1. The van der Waals surface area contributed by atoms with E-state index in [1.165, 1.54) is 23.1 Å². The van der Waals surface area contributed by atoms with E-state index in [9.17, 15) is 9.90 Å². The molecule has 3 rings (SSSR count). The van der Waals surface area contributed by atoms with Crippen LogP contribution in [0.5, 0.6) is 11.5 Å². The van der Waals surface area contributed by atoms with Gasteiger partial charge < -0.3 is 9.84 Å². The molecule has 0 radical (unpaired) electrons. The largest absolute Gasteiger partial charge is 0.504 e. The van der Waals surface area contributed by atoms with Gasteiger partial charge in [-0.15, -0.1) is 17.9 Å². The SMILES string of the molecule is C=CCN1C(=O)/C(=C/c2ccc(O)c(OCC)c2)S/C1=N/c1nc(C)cs1. The van der Waals surface area contributed by atoms with Gasteiger partial charge in [0, 0.05) is 11.9 Å². The number of aromatic nitrogens is 1. The second kappa shape index (κ2) is 8.41. The van der Waals surface area contributed by atoms with Crippen molar-refractivity contribution in [3.05, 3.63) is 52.4 Å². The van der Waals surface area contributed by atoms with Crippen LogP contribution in [0.4, 0.5) is 5.13 Å². The summed E-state index contributed by atoms with van der Waals surface area (Å²) >= 11 is 2.72. The minimum absolute atomic E-state index is 0.0686. The van der Waals surface area contributed by atoms with Gasteiger partial charge in [-0.3, -0.25) is 9.69 Å². The maximum atomic E-state index is 12.8. The van der Waals surface area contributed by atoms with E-state index in [0.29, 0.717) is 34.1 Å². The van der Waals surface area contributed by atoms with Crippen LogP contribution in [0.3, 0.4) is 0 Å². The molecule has 1 aliphatic rings. The Bertz CT molecular complexity index is 934. The maximum Gasteiger partial charge on any atom is 0.267 e. The monoisotopic (exact) mass is 401 g/mol. The van der Waals surface area contributed by atoms with Gasteiger partial charge in [0.15, 0.2) is 16.7 Å². The van der Waals surface area contributed by atoms with Crippen LogP contribution in [-0.2, 0) is 4.79 Å². The summed E-state index contributed by atoms with van der Waals surface area (Å²) in [5, 5.41) is 12.9. The molecule has 2 aromatic rings. The first-order chi connectivity index (χ1) is 13.0. The Hall–Kier alpha value is -2.58. The van der Waals surface area contributed by atoms with Gasteiger partial charge in [0.2, 0.25) is 5.13 Å². The molecule has 0 spiro atoms. The number of hydrogen-bond donors (Lipinski definition) is 1. The van der Waals surface area contributed by atoms with Gasteiger partial charge in [-0.25, -0.2) is 4.98 Å². The number of hydrogen-bond acceptors (Lipinski definition) is 7. The number of amidine groups is 1. The molecule has 0 atom stereocenters. The Morgan fingerprint density at radius 3 is 2.93 bits per heavy atom. The number of carbonyl (C=O) groups is 1. The summed E-state index contributed by atoms with van der Waals surface area (Å²) in [6.45, 7) is 8.28. The lowest BCUT2D eigenvalue weighted by molar-refractivity contribution is -0.121. The highest BCUT2D eigenvalue weighted by atomic mass is 32.2. The van der Waals surface area contributed by atoms with Crippen molar-refractivity contribution >= 4 is 45.4 Å². The third kappa shape index (κ3) is 4.40. The third-order valence-electron chi connectivity index (χ3n) is 3.58. The molecule has 1 aromatic carbocycles. The third-order valence-corrected chi connectivity index (χ3v) is 5.44. The van der Waals surface area contributed by atoms with Crippen molar-refractivity contribution in [2.75, 3.05) is 13.2 Å². The number of aryl methyl sites for hydroxylation is 1. The van der Waals surface area contributed by atoms with Crippen LogP contribution in [-0.4, -0.2) is 39.2 Å². The molecule has 140 valence electrons. The molecule has 1 saturated heterocycles. The summed E-state index contributed by atoms with van der Waals surface area (Å²) < 4.78 is 5.41. The lowest BCUT2D eigenvalue weighted by Crippen LogP contribution is -2.29. The van der Waals surface area contributed by atoms with E-state index in [1.54, 1.807) is 35.3 Å². The van der Waals surface area contributed by atoms with Crippen molar-refractivity contribution in [1.82, 2.24) is 9.88 Å². The second-order valence-corrected chi connectivity index (χ2v) is 7.49. The first kappa shape index (κ1) is 19.2. The molecule has 2 heterocycles. The van der Waals surface area contributed by atoms with E-state index in [2.05, 4.69) is 16.6 Å². The van der Waals surface area contributed by atoms with Crippen LogP contribution in [0.15, 0.2) is 46.1 Å². The Morgan fingerprint density at radius 2 is 2.26 bits per heavy atom. The summed E-state index contributed by atoms with van der Waals surface area (Å²) in [5.41, 5.74) is 1.66. The van der Waals surface area contributed by atoms with Crippen LogP contribution in [0.1, 0.15) is 18.2 Å². The molecule has 1 amide bonds. The van der Waals surface area contributed by atoms with Crippen molar-refractivity contribution < 1.29 is 14.6 Å². The first-order valence-corrected chi connectivity index (χ1v) is 10.0. The smallest absolute Gasteiger partial charge is 0.267 e. The van der Waals surface area contributed by atoms with Crippen LogP contribution >= 0.6 is 23.1 Å². The normalized spacial score (nSPS) is 17.1. The zero-order chi connectivity index (χ0) is 19.4. The predicted octanol–water partition coefficient (Wildman–Crippen LogP) is 4.35. The molecule has 0 aliphatic carbocycles. The molecule has 8 heteroatoms. The summed E-state index contributed by atoms with van der Waals surface area (Å²) in [6.07, 6.45) is 3.43. The van der Waals surface area contributed by atoms with Gasteiger partial charge in [-0.05, 0) is 49.4 Å². The Morgan fingerprint density at radius 1 is 1.44 bits per heavy atom. The number of nitrogens with zero attached hydrogens (tertiary/aromatic N) is 3. The molecule has 0 bridgehead atoms. The molecule has 0 saturated carbocycles. The number of aromatic hydroxyl groups is 1. The van der Waals surface area contributed by atoms with Crippen molar-refractivity contribution in [3.8, 4) is 11.5 Å². The number of thiazole rings is 1. The number of thioether (sulfide) groups is 1. The summed E-state index contributed by atoms with van der Waals surface area (Å²) in [7, 11) is 0. The summed E-state index contributed by atoms with van der Waals surface area (Å²) in [5.74, 6) is 0.314. The minimum Gasteiger partial charge on any atom is -0.504 e. The van der Waals surface area contributed by atoms with Gasteiger partial charge in [0.05, 0.1) is 17.2 Å². The maximum absolute atomic E-state index is 12.8. The van der Waals surface area contributed by atoms with Crippen molar-refractivity contribution in [3.63, 3.8) is 0 Å². The lowest BCUT2D eigenvalue weighted by Gasteiger charge is -2.11. The zero-order valence-electron chi connectivity index (χ0n) is 15.0. The number of carbonyl (C=O) groups excluding carboxylic acids is 1. The van der Waals surface area contributed by atoms with Crippen LogP contribution in [0.25, 0.3) is 6.08 Å². The highest BCUT2D eigenvalue weighted by Gasteiger charge is 2.32. The quantitative estimate of drug-likeness (QED) is 0.575. The Kier molecular flexibility index (Phi) is 5.98. The first-order valence-electron chi connectivity index (χ1n) is 8.30. The highest BCUT2D eigenvalue weighted by molar-refractivity contribution is 8.18. The molecule has 1 aliphatic heterocycles. The van der Waals surface area contributed by atoms with Crippen molar-refractivity contribution in [1.29, 1.82) is 0 Å². The topological polar surface area (TPSA) is 75.0 Å². The number of rotatable bonds is 6. The summed E-state index contributed by atoms with van der Waals surface area (Å²) in [6, 6.07) is 4.99. The predicted molar refractivity (Wildman–Crippen MR) is 111 cm³/mol. The van der Waals surface area contributed by atoms with E-state index < -0.39 is 0 Å². The number of benzene rings is 1. The fraction of sp³-hybridized carbons (Fsp3) is 0.211. The minimum atomic E-state index is -0.141. The molecule has 0 unspecified atom stereocenters. The fourth-order valence-electron chi connectivity index (χ4n) is 2.40. The van der Waals surface area contributed by atoms with Gasteiger partial charge in [-0.1, -0.05) is 12.1 Å². The number of aliphatic imine (C=N–C) groups is 1. The molecular weight excluding hydrogens is 382 g/mol. The number of phenols is 1. The standard InChI is InChI=1S/C19H19N3O3S2/c1-4-8-22-17(24)16(27-19(22)21-18-20-12(3)11-26-18)10-13-6-7-14(23)15(9-13)25-5-2/h4,6-7,9-11,23H,1,5,8H2,2-3H3/b16-10-,21-19+. The molecule has 1 fully saturated rings. The zero-order valence-corrected chi connectivity index (χ0v) is 16.6. The number of ether oxygens (including phenoxy) is 1. The van der Waals surface area contributed by atoms with Crippen molar-refractivity contribution in [2.45, 2.75) is 13.8 Å². The number of phenolic OH excluding ortho intramolecular Hbond substituents is 1. The van der Waals surface area contributed by atoms with E-state index in [-0.39, 0.29) is 11.7 Å². The Labute approximate surface area is 165 Å². The molecular formula is C19H19N3O3S2. The molecule has 6 nitrogen and oxygen atoms in total. The highest BCUT2D eigenvalue weighted by Crippen LogP contribution is 2.36. The van der Waals surface area contributed by atoms with E-state index in [4.69, 9.17) is 4.74 Å². The molecule has 1 N–H and O–H groups in total.